The molecule has 0 bridgehead atoms. The molecule has 9 nitrogen and oxygen atoms in total. The van der Waals surface area contributed by atoms with Crippen molar-refractivity contribution in [2.75, 3.05) is 13.7 Å². The summed E-state index contributed by atoms with van der Waals surface area (Å²) in [6.07, 6.45) is 3.13. The van der Waals surface area contributed by atoms with E-state index in [0.29, 0.717) is 32.1 Å². The average molecular weight is 545 g/mol. The van der Waals surface area contributed by atoms with Crippen LogP contribution in [0.4, 0.5) is 0 Å². The third kappa shape index (κ3) is 5.19. The van der Waals surface area contributed by atoms with E-state index in [1.165, 1.54) is 28.2 Å². The molecule has 1 aliphatic rings. The first kappa shape index (κ1) is 25.9. The molecule has 1 unspecified atom stereocenters. The van der Waals surface area contributed by atoms with Gasteiger partial charge in [0.2, 0.25) is 5.76 Å². The van der Waals surface area contributed by atoms with E-state index in [1.807, 2.05) is 12.1 Å². The molecule has 0 saturated heterocycles. The summed E-state index contributed by atoms with van der Waals surface area (Å²) in [7, 11) is 1.57. The topological polar surface area (TPSA) is 109 Å². The van der Waals surface area contributed by atoms with Gasteiger partial charge in [0.1, 0.15) is 11.5 Å². The number of benzene rings is 2. The van der Waals surface area contributed by atoms with Crippen LogP contribution in [-0.4, -0.2) is 30.2 Å². The molecule has 0 spiro atoms. The quantitative estimate of drug-likeness (QED) is 0.258. The first-order chi connectivity index (χ1) is 18.9. The molecule has 2 aromatic heterocycles. The number of carbonyl (C=O) groups excluding carboxylic acids is 2. The Morgan fingerprint density at radius 3 is 2.41 bits per heavy atom. The highest BCUT2D eigenvalue weighted by Gasteiger charge is 2.33. The fourth-order valence-corrected chi connectivity index (χ4v) is 5.28. The van der Waals surface area contributed by atoms with Gasteiger partial charge in [0.05, 0.1) is 41.8 Å². The van der Waals surface area contributed by atoms with Crippen LogP contribution in [-0.2, 0) is 9.53 Å². The third-order valence-corrected chi connectivity index (χ3v) is 7.04. The van der Waals surface area contributed by atoms with Gasteiger partial charge in [-0.2, -0.15) is 0 Å². The third-order valence-electron chi connectivity index (χ3n) is 6.06. The van der Waals surface area contributed by atoms with Crippen molar-refractivity contribution in [3.05, 3.63) is 115 Å². The van der Waals surface area contributed by atoms with Crippen molar-refractivity contribution < 1.29 is 28.2 Å². The van der Waals surface area contributed by atoms with Crippen molar-refractivity contribution in [3.8, 4) is 11.5 Å². The van der Waals surface area contributed by atoms with E-state index in [-0.39, 0.29) is 17.9 Å². The highest BCUT2D eigenvalue weighted by atomic mass is 32.1. The molecule has 39 heavy (non-hydrogen) atoms. The number of ether oxygens (including phenoxy) is 3. The van der Waals surface area contributed by atoms with Crippen molar-refractivity contribution in [1.82, 2.24) is 4.57 Å². The summed E-state index contributed by atoms with van der Waals surface area (Å²) in [5.41, 5.74) is 1.96. The van der Waals surface area contributed by atoms with Gasteiger partial charge in [-0.05, 0) is 67.4 Å². The van der Waals surface area contributed by atoms with Gasteiger partial charge in [0, 0.05) is 0 Å². The lowest BCUT2D eigenvalue weighted by atomic mass is 9.96. The molecule has 0 radical (unpaired) electrons. The SMILES string of the molecule is CCOC(=O)C1=C(C)N=c2s/c(=C\c3ccc(OC(=O)c4ccco4)cc3)c(=O)n2C1c1ccc(OC)cc1. The number of hydrogen-bond donors (Lipinski definition) is 0. The lowest BCUT2D eigenvalue weighted by Crippen LogP contribution is -2.39. The number of thiazole rings is 1. The van der Waals surface area contributed by atoms with Crippen LogP contribution in [0.1, 0.15) is 41.6 Å². The first-order valence-corrected chi connectivity index (χ1v) is 12.9. The fourth-order valence-electron chi connectivity index (χ4n) is 4.23. The molecule has 0 amide bonds. The van der Waals surface area contributed by atoms with Gasteiger partial charge >= 0.3 is 11.9 Å². The molecule has 5 rings (SSSR count). The van der Waals surface area contributed by atoms with Crippen LogP contribution >= 0.6 is 11.3 Å². The van der Waals surface area contributed by atoms with Gasteiger partial charge in [-0.1, -0.05) is 35.6 Å². The normalized spacial score (nSPS) is 14.9. The zero-order valence-electron chi connectivity index (χ0n) is 21.4. The van der Waals surface area contributed by atoms with Crippen molar-refractivity contribution >= 4 is 29.4 Å². The summed E-state index contributed by atoms with van der Waals surface area (Å²) in [6, 6.07) is 16.3. The van der Waals surface area contributed by atoms with Crippen LogP contribution in [0.25, 0.3) is 6.08 Å². The standard InChI is InChI=1S/C29H24N2O7S/c1-4-36-28(34)24-17(2)30-29-31(25(24)19-9-13-20(35-3)14-10-19)26(32)23(39-29)16-18-7-11-21(12-8-18)38-27(33)22-6-5-15-37-22/h5-16,25H,4H2,1-3H3/b23-16-. The molecule has 1 atom stereocenters. The molecule has 4 aromatic rings. The van der Waals surface area contributed by atoms with Gasteiger partial charge in [0.25, 0.3) is 5.56 Å². The number of furan rings is 1. The highest BCUT2D eigenvalue weighted by molar-refractivity contribution is 7.07. The fraction of sp³-hybridized carbons (Fsp3) is 0.172. The Labute approximate surface area is 226 Å². The Bertz CT molecular complexity index is 1730. The van der Waals surface area contributed by atoms with E-state index in [2.05, 4.69) is 4.99 Å². The molecule has 0 aliphatic carbocycles. The maximum absolute atomic E-state index is 13.7. The molecular weight excluding hydrogens is 520 g/mol. The van der Waals surface area contributed by atoms with Gasteiger partial charge in [-0.15, -0.1) is 0 Å². The second-order valence-electron chi connectivity index (χ2n) is 8.51. The number of methoxy groups -OCH3 is 1. The Balaban J connectivity index is 1.53. The van der Waals surface area contributed by atoms with E-state index >= 15 is 0 Å². The van der Waals surface area contributed by atoms with Crippen LogP contribution in [0.3, 0.4) is 0 Å². The number of nitrogens with zero attached hydrogens (tertiary/aromatic N) is 2. The van der Waals surface area contributed by atoms with E-state index in [0.717, 1.165) is 11.1 Å². The second kappa shape index (κ2) is 11.0. The van der Waals surface area contributed by atoms with Gasteiger partial charge in [0.15, 0.2) is 4.80 Å². The summed E-state index contributed by atoms with van der Waals surface area (Å²) >= 11 is 1.23. The smallest absolute Gasteiger partial charge is 0.379 e. The zero-order valence-corrected chi connectivity index (χ0v) is 22.2. The van der Waals surface area contributed by atoms with Crippen molar-refractivity contribution in [1.29, 1.82) is 0 Å². The maximum Gasteiger partial charge on any atom is 0.379 e. The van der Waals surface area contributed by atoms with Gasteiger partial charge < -0.3 is 18.6 Å². The molecular formula is C29H24N2O7S. The maximum atomic E-state index is 13.7. The highest BCUT2D eigenvalue weighted by Crippen LogP contribution is 2.31. The monoisotopic (exact) mass is 544 g/mol. The van der Waals surface area contributed by atoms with Gasteiger partial charge in [-0.25, -0.2) is 14.6 Å². The Morgan fingerprint density at radius 1 is 1.05 bits per heavy atom. The number of fused-ring (bicyclic) bond motifs is 1. The Kier molecular flexibility index (Phi) is 7.29. The van der Waals surface area contributed by atoms with Crippen LogP contribution in [0.2, 0.25) is 0 Å². The van der Waals surface area contributed by atoms with E-state index in [9.17, 15) is 14.4 Å². The first-order valence-electron chi connectivity index (χ1n) is 12.1. The summed E-state index contributed by atoms with van der Waals surface area (Å²) in [5, 5.41) is 0. The summed E-state index contributed by atoms with van der Waals surface area (Å²) < 4.78 is 22.9. The van der Waals surface area contributed by atoms with Crippen LogP contribution in [0.5, 0.6) is 11.5 Å². The minimum atomic E-state index is -0.711. The molecule has 1 aliphatic heterocycles. The molecule has 2 aromatic carbocycles. The van der Waals surface area contributed by atoms with Crippen LogP contribution in [0, 0.1) is 0 Å². The minimum absolute atomic E-state index is 0.101. The lowest BCUT2D eigenvalue weighted by Gasteiger charge is -2.24. The molecule has 0 N–H and O–H groups in total. The van der Waals surface area contributed by atoms with E-state index in [4.69, 9.17) is 18.6 Å². The predicted molar refractivity (Wildman–Crippen MR) is 144 cm³/mol. The van der Waals surface area contributed by atoms with E-state index in [1.54, 1.807) is 69.5 Å². The van der Waals surface area contributed by atoms with Crippen LogP contribution < -0.4 is 24.4 Å². The molecule has 10 heteroatoms. The van der Waals surface area contributed by atoms with Crippen LogP contribution in [0.15, 0.2) is 92.4 Å². The molecule has 198 valence electrons. The number of allylic oxidation sites excluding steroid dienone is 1. The van der Waals surface area contributed by atoms with E-state index < -0.39 is 18.0 Å². The summed E-state index contributed by atoms with van der Waals surface area (Å²) in [5.74, 6) is -0.0305. The van der Waals surface area contributed by atoms with Crippen molar-refractivity contribution in [2.24, 2.45) is 4.99 Å². The minimum Gasteiger partial charge on any atom is -0.497 e. The Morgan fingerprint density at radius 2 is 1.77 bits per heavy atom. The number of hydrogen-bond acceptors (Lipinski definition) is 9. The number of aromatic nitrogens is 1. The molecule has 3 heterocycles. The summed E-state index contributed by atoms with van der Waals surface area (Å²) in [4.78, 5) is 43.9. The average Bonchev–Trinajstić information content (AvgIpc) is 3.58. The number of rotatable bonds is 7. The number of carbonyl (C=O) groups is 2. The van der Waals surface area contributed by atoms with Crippen molar-refractivity contribution in [3.63, 3.8) is 0 Å². The van der Waals surface area contributed by atoms with Gasteiger partial charge in [-0.3, -0.25) is 9.36 Å². The lowest BCUT2D eigenvalue weighted by molar-refractivity contribution is -0.139. The van der Waals surface area contributed by atoms with Crippen molar-refractivity contribution in [2.45, 2.75) is 19.9 Å². The largest absolute Gasteiger partial charge is 0.497 e. The predicted octanol–water partition coefficient (Wildman–Crippen LogP) is 3.62. The summed E-state index contributed by atoms with van der Waals surface area (Å²) in [6.45, 7) is 3.67. The molecule has 0 saturated carbocycles. The Hall–Kier alpha value is -4.70. The number of esters is 2. The molecule has 0 fully saturated rings. The zero-order chi connectivity index (χ0) is 27.5. The second-order valence-corrected chi connectivity index (χ2v) is 9.52.